The predicted octanol–water partition coefficient (Wildman–Crippen LogP) is 7.22. The van der Waals surface area contributed by atoms with Crippen molar-refractivity contribution in [1.82, 2.24) is 4.31 Å². The number of aliphatic carboxylic acids is 1. The monoisotopic (exact) mass is 641 g/mol. The second kappa shape index (κ2) is 13.2. The molecule has 4 atom stereocenters. The van der Waals surface area contributed by atoms with E-state index >= 15 is 0 Å². The molecule has 0 aromatic heterocycles. The highest BCUT2D eigenvalue weighted by Crippen LogP contribution is 2.52. The summed E-state index contributed by atoms with van der Waals surface area (Å²) in [5.41, 5.74) is -0.0710. The van der Waals surface area contributed by atoms with Gasteiger partial charge in [-0.3, -0.25) is 9.59 Å². The average molecular weight is 643 g/mol. The fourth-order valence-electron chi connectivity index (χ4n) is 5.99. The van der Waals surface area contributed by atoms with Gasteiger partial charge >= 0.3 is 11.9 Å². The summed E-state index contributed by atoms with van der Waals surface area (Å²) in [5.74, 6) is -1.90. The van der Waals surface area contributed by atoms with Gasteiger partial charge in [-0.15, -0.1) is 0 Å². The second-order valence-electron chi connectivity index (χ2n) is 11.8. The van der Waals surface area contributed by atoms with Gasteiger partial charge in [-0.05, 0) is 75.1 Å². The molecular weight excluding hydrogens is 605 g/mol. The number of carbonyl (C=O) groups is 2. The van der Waals surface area contributed by atoms with Gasteiger partial charge < -0.3 is 9.84 Å². The number of halogens is 2. The molecule has 1 saturated carbocycles. The van der Waals surface area contributed by atoms with Gasteiger partial charge in [-0.25, -0.2) is 8.42 Å². The lowest BCUT2D eigenvalue weighted by atomic mass is 9.91. The van der Waals surface area contributed by atoms with E-state index in [9.17, 15) is 23.1 Å². The molecule has 2 aromatic rings. The maximum atomic E-state index is 14.4. The SMILES string of the molecule is CC(C)(C)OC(=O)CCS[C@@H]1C(CC2CCCC2)N(S(=O)(=O)c2ccc(Cl)cc2)C(c2ccc(Cl)cc2)[C@@H]1C(=O)O. The third-order valence-electron chi connectivity index (χ3n) is 7.65. The topological polar surface area (TPSA) is 101 Å². The van der Waals surface area contributed by atoms with Crippen LogP contribution < -0.4 is 0 Å². The first kappa shape index (κ1) is 32.1. The van der Waals surface area contributed by atoms with Gasteiger partial charge in [-0.1, -0.05) is 61.0 Å². The fraction of sp³-hybridized carbons (Fsp3) is 0.533. The lowest BCUT2D eigenvalue weighted by molar-refractivity contribution is -0.154. The third kappa shape index (κ3) is 7.79. The van der Waals surface area contributed by atoms with Gasteiger partial charge in [0.15, 0.2) is 0 Å². The van der Waals surface area contributed by atoms with Crippen LogP contribution in [0.5, 0.6) is 0 Å². The van der Waals surface area contributed by atoms with Crippen LogP contribution in [-0.2, 0) is 24.3 Å². The summed E-state index contributed by atoms with van der Waals surface area (Å²) in [5, 5.41) is 10.9. The number of benzene rings is 2. The number of carbonyl (C=O) groups excluding carboxylic acids is 1. The molecule has 2 unspecified atom stereocenters. The fourth-order valence-corrected chi connectivity index (χ4v) is 9.66. The van der Waals surface area contributed by atoms with Gasteiger partial charge in [0.2, 0.25) is 10.0 Å². The molecule has 1 saturated heterocycles. The van der Waals surface area contributed by atoms with Gasteiger partial charge in [-0.2, -0.15) is 16.1 Å². The van der Waals surface area contributed by atoms with Crippen LogP contribution in [0, 0.1) is 11.8 Å². The van der Waals surface area contributed by atoms with Gasteiger partial charge in [0, 0.05) is 27.1 Å². The van der Waals surface area contributed by atoms with E-state index in [1.54, 1.807) is 45.0 Å². The minimum atomic E-state index is -4.15. The van der Waals surface area contributed by atoms with Gasteiger partial charge in [0.25, 0.3) is 0 Å². The van der Waals surface area contributed by atoms with E-state index in [-0.39, 0.29) is 23.2 Å². The number of carboxylic acid groups (broad SMARTS) is 1. The maximum absolute atomic E-state index is 14.4. The molecule has 0 radical (unpaired) electrons. The van der Waals surface area contributed by atoms with Crippen LogP contribution in [0.1, 0.15) is 70.9 Å². The van der Waals surface area contributed by atoms with Crippen LogP contribution in [0.3, 0.4) is 0 Å². The first-order chi connectivity index (χ1) is 19.3. The Morgan fingerprint density at radius 3 is 2.10 bits per heavy atom. The number of carboxylic acids is 1. The first-order valence-corrected chi connectivity index (χ1v) is 17.1. The highest BCUT2D eigenvalue weighted by Gasteiger charge is 2.57. The van der Waals surface area contributed by atoms with Crippen LogP contribution in [0.2, 0.25) is 10.0 Å². The number of thioether (sulfide) groups is 1. The Labute approximate surface area is 257 Å². The van der Waals surface area contributed by atoms with E-state index < -0.39 is 44.8 Å². The number of sulfonamides is 1. The van der Waals surface area contributed by atoms with Crippen molar-refractivity contribution < 1.29 is 27.9 Å². The van der Waals surface area contributed by atoms with Crippen molar-refractivity contribution in [2.24, 2.45) is 11.8 Å². The van der Waals surface area contributed by atoms with E-state index in [0.29, 0.717) is 27.8 Å². The zero-order valence-corrected chi connectivity index (χ0v) is 26.6. The van der Waals surface area contributed by atoms with E-state index in [1.165, 1.54) is 40.3 Å². The van der Waals surface area contributed by atoms with Gasteiger partial charge in [0.1, 0.15) is 5.60 Å². The molecule has 1 N–H and O–H groups in total. The molecule has 2 fully saturated rings. The number of nitrogens with zero attached hydrogens (tertiary/aromatic N) is 1. The lowest BCUT2D eigenvalue weighted by Gasteiger charge is -2.32. The summed E-state index contributed by atoms with van der Waals surface area (Å²) < 4.78 is 35.7. The van der Waals surface area contributed by atoms with E-state index in [4.69, 9.17) is 27.9 Å². The largest absolute Gasteiger partial charge is 0.481 e. The number of ether oxygens (including phenoxy) is 1. The minimum absolute atomic E-state index is 0.0563. The lowest BCUT2D eigenvalue weighted by Crippen LogP contribution is -2.41. The first-order valence-electron chi connectivity index (χ1n) is 13.9. The van der Waals surface area contributed by atoms with Crippen molar-refractivity contribution in [2.75, 3.05) is 5.75 Å². The molecule has 0 bridgehead atoms. The molecule has 7 nitrogen and oxygen atoms in total. The molecule has 11 heteroatoms. The maximum Gasteiger partial charge on any atom is 0.309 e. The second-order valence-corrected chi connectivity index (χ2v) is 15.8. The van der Waals surface area contributed by atoms with Crippen LogP contribution >= 0.6 is 35.0 Å². The highest BCUT2D eigenvalue weighted by molar-refractivity contribution is 8.00. The summed E-state index contributed by atoms with van der Waals surface area (Å²) >= 11 is 13.6. The van der Waals surface area contributed by atoms with Crippen molar-refractivity contribution in [2.45, 2.75) is 87.1 Å². The van der Waals surface area contributed by atoms with Gasteiger partial charge in [0.05, 0.1) is 23.3 Å². The molecule has 4 rings (SSSR count). The van der Waals surface area contributed by atoms with Crippen molar-refractivity contribution in [3.63, 3.8) is 0 Å². The normalized spacial score (nSPS) is 24.0. The van der Waals surface area contributed by atoms with Crippen molar-refractivity contribution in [1.29, 1.82) is 0 Å². The summed E-state index contributed by atoms with van der Waals surface area (Å²) in [6.45, 7) is 5.38. The van der Waals surface area contributed by atoms with E-state index in [0.717, 1.165) is 25.7 Å². The van der Waals surface area contributed by atoms with Crippen LogP contribution in [0.4, 0.5) is 0 Å². The molecule has 2 aromatic carbocycles. The summed E-state index contributed by atoms with van der Waals surface area (Å²) in [6, 6.07) is 11.1. The number of hydrogen-bond acceptors (Lipinski definition) is 6. The predicted molar refractivity (Wildman–Crippen MR) is 163 cm³/mol. The summed E-state index contributed by atoms with van der Waals surface area (Å²) in [7, 11) is -4.15. The smallest absolute Gasteiger partial charge is 0.309 e. The molecule has 0 amide bonds. The molecule has 0 spiro atoms. The quantitative estimate of drug-likeness (QED) is 0.273. The summed E-state index contributed by atoms with van der Waals surface area (Å²) in [4.78, 5) is 25.6. The minimum Gasteiger partial charge on any atom is -0.481 e. The molecule has 1 aliphatic heterocycles. The standard InChI is InChI=1S/C30H37Cl2NO6S2/c1-30(2,3)39-25(34)16-17-40-28-24(18-19-6-4-5-7-19)33(41(37,38)23-14-12-22(32)13-15-23)27(26(28)29(35)36)20-8-10-21(31)11-9-20/h8-15,19,24,26-28H,4-7,16-18H2,1-3H3,(H,35,36)/t24?,26-,27?,28+/m0/s1. The number of esters is 1. The molecule has 224 valence electrons. The number of hydrogen-bond donors (Lipinski definition) is 1. The Hall–Kier alpha value is -1.78. The van der Waals surface area contributed by atoms with Crippen LogP contribution in [0.25, 0.3) is 0 Å². The van der Waals surface area contributed by atoms with Crippen LogP contribution in [0.15, 0.2) is 53.4 Å². The van der Waals surface area contributed by atoms with Crippen molar-refractivity contribution in [3.8, 4) is 0 Å². The Kier molecular flexibility index (Phi) is 10.4. The zero-order chi connectivity index (χ0) is 29.9. The zero-order valence-electron chi connectivity index (χ0n) is 23.5. The van der Waals surface area contributed by atoms with E-state index in [1.807, 2.05) is 0 Å². The molecule has 1 heterocycles. The Bertz CT molecular complexity index is 1320. The Morgan fingerprint density at radius 2 is 1.56 bits per heavy atom. The molecular formula is C30H37Cl2NO6S2. The van der Waals surface area contributed by atoms with Crippen LogP contribution in [-0.4, -0.2) is 52.4 Å². The molecule has 1 aliphatic carbocycles. The Morgan fingerprint density at radius 1 is 1.00 bits per heavy atom. The highest BCUT2D eigenvalue weighted by atomic mass is 35.5. The molecule has 41 heavy (non-hydrogen) atoms. The molecule has 2 aliphatic rings. The Balaban J connectivity index is 1.79. The average Bonchev–Trinajstić information content (AvgIpc) is 3.50. The van der Waals surface area contributed by atoms with Crippen molar-refractivity contribution in [3.05, 3.63) is 64.1 Å². The third-order valence-corrected chi connectivity index (χ3v) is 11.5. The van der Waals surface area contributed by atoms with E-state index in [2.05, 4.69) is 0 Å². The summed E-state index contributed by atoms with van der Waals surface area (Å²) in [6.07, 6.45) is 4.73. The number of rotatable bonds is 10. The van der Waals surface area contributed by atoms with Crippen molar-refractivity contribution >= 4 is 56.9 Å².